The van der Waals surface area contributed by atoms with Crippen LogP contribution in [-0.2, 0) is 14.4 Å². The average molecular weight is 422 g/mol. The number of amides is 3. The molecule has 0 aliphatic carbocycles. The third kappa shape index (κ3) is 4.89. The Morgan fingerprint density at radius 1 is 1.21 bits per heavy atom. The summed E-state index contributed by atoms with van der Waals surface area (Å²) in [4.78, 5) is 37.6. The van der Waals surface area contributed by atoms with Gasteiger partial charge in [-0.05, 0) is 36.8 Å². The van der Waals surface area contributed by atoms with Gasteiger partial charge in [0.1, 0.15) is 11.6 Å². The van der Waals surface area contributed by atoms with Gasteiger partial charge in [0, 0.05) is 19.0 Å². The van der Waals surface area contributed by atoms with Gasteiger partial charge in [-0.25, -0.2) is 8.78 Å². The zero-order valence-corrected chi connectivity index (χ0v) is 16.2. The first-order chi connectivity index (χ1) is 13.7. The SMILES string of the molecule is Cc1ccc(NC(=O)CNC(=O)C2CC(=O)N(c3ccc(F)cc3F)C2)c(Cl)c1. The summed E-state index contributed by atoms with van der Waals surface area (Å²) in [5.41, 5.74) is 1.28. The van der Waals surface area contributed by atoms with Crippen molar-refractivity contribution in [1.82, 2.24) is 5.32 Å². The first-order valence-corrected chi connectivity index (χ1v) is 9.21. The van der Waals surface area contributed by atoms with Gasteiger partial charge in [-0.15, -0.1) is 0 Å². The zero-order chi connectivity index (χ0) is 21.1. The van der Waals surface area contributed by atoms with Gasteiger partial charge in [-0.1, -0.05) is 17.7 Å². The lowest BCUT2D eigenvalue weighted by molar-refractivity contribution is -0.127. The van der Waals surface area contributed by atoms with Crippen molar-refractivity contribution in [2.45, 2.75) is 13.3 Å². The molecule has 1 fully saturated rings. The van der Waals surface area contributed by atoms with Crippen molar-refractivity contribution in [2.75, 3.05) is 23.3 Å². The van der Waals surface area contributed by atoms with E-state index in [1.807, 2.05) is 6.92 Å². The highest BCUT2D eigenvalue weighted by Gasteiger charge is 2.36. The van der Waals surface area contributed by atoms with E-state index in [9.17, 15) is 23.2 Å². The Bertz CT molecular complexity index is 983. The molecule has 29 heavy (non-hydrogen) atoms. The molecule has 1 saturated heterocycles. The van der Waals surface area contributed by atoms with Crippen LogP contribution in [0.2, 0.25) is 5.02 Å². The van der Waals surface area contributed by atoms with Gasteiger partial charge in [0.2, 0.25) is 17.7 Å². The number of nitrogens with one attached hydrogen (secondary N) is 2. The van der Waals surface area contributed by atoms with E-state index in [1.54, 1.807) is 18.2 Å². The topological polar surface area (TPSA) is 78.5 Å². The number of nitrogens with zero attached hydrogens (tertiary/aromatic N) is 1. The first-order valence-electron chi connectivity index (χ1n) is 8.83. The molecule has 1 atom stereocenters. The minimum atomic E-state index is -0.881. The fraction of sp³-hybridized carbons (Fsp3) is 0.250. The van der Waals surface area contributed by atoms with Gasteiger partial charge in [0.25, 0.3) is 0 Å². The van der Waals surface area contributed by atoms with Gasteiger partial charge >= 0.3 is 0 Å². The molecule has 1 heterocycles. The molecule has 2 N–H and O–H groups in total. The molecule has 3 amide bonds. The molecule has 0 spiro atoms. The van der Waals surface area contributed by atoms with Crippen LogP contribution in [0, 0.1) is 24.5 Å². The van der Waals surface area contributed by atoms with Crippen LogP contribution in [0.3, 0.4) is 0 Å². The molecule has 1 unspecified atom stereocenters. The van der Waals surface area contributed by atoms with Gasteiger partial charge in [-0.2, -0.15) is 0 Å². The van der Waals surface area contributed by atoms with Crippen molar-refractivity contribution in [3.63, 3.8) is 0 Å². The second-order valence-electron chi connectivity index (χ2n) is 6.75. The van der Waals surface area contributed by atoms with Crippen molar-refractivity contribution in [1.29, 1.82) is 0 Å². The predicted octanol–water partition coefficient (Wildman–Crippen LogP) is 3.03. The van der Waals surface area contributed by atoms with Gasteiger partial charge < -0.3 is 15.5 Å². The molecule has 0 radical (unpaired) electrons. The number of anilines is 2. The van der Waals surface area contributed by atoms with Gasteiger partial charge in [0.15, 0.2) is 0 Å². The fourth-order valence-electron chi connectivity index (χ4n) is 3.04. The van der Waals surface area contributed by atoms with E-state index < -0.39 is 35.3 Å². The molecule has 0 aromatic heterocycles. The Labute approximate surface area is 170 Å². The number of halogens is 3. The van der Waals surface area contributed by atoms with E-state index in [2.05, 4.69) is 10.6 Å². The maximum Gasteiger partial charge on any atom is 0.243 e. The summed E-state index contributed by atoms with van der Waals surface area (Å²) in [5, 5.41) is 5.43. The van der Waals surface area contributed by atoms with Crippen molar-refractivity contribution in [2.24, 2.45) is 5.92 Å². The summed E-state index contributed by atoms with van der Waals surface area (Å²) in [6.07, 6.45) is -0.131. The van der Waals surface area contributed by atoms with E-state index in [-0.39, 0.29) is 25.2 Å². The molecule has 2 aromatic carbocycles. The Kier molecular flexibility index (Phi) is 6.12. The molecule has 0 bridgehead atoms. The Morgan fingerprint density at radius 3 is 2.66 bits per heavy atom. The minimum absolute atomic E-state index is 0.0569. The van der Waals surface area contributed by atoms with Crippen LogP contribution in [0.1, 0.15) is 12.0 Å². The quantitative estimate of drug-likeness (QED) is 0.779. The number of aryl methyl sites for hydroxylation is 1. The Hall–Kier alpha value is -3.00. The lowest BCUT2D eigenvalue weighted by Gasteiger charge is -2.17. The molecule has 1 aliphatic rings. The van der Waals surface area contributed by atoms with Crippen LogP contribution in [0.4, 0.5) is 20.2 Å². The highest BCUT2D eigenvalue weighted by Crippen LogP contribution is 2.28. The monoisotopic (exact) mass is 421 g/mol. The molecule has 152 valence electrons. The largest absolute Gasteiger partial charge is 0.347 e. The number of rotatable bonds is 5. The minimum Gasteiger partial charge on any atom is -0.347 e. The van der Waals surface area contributed by atoms with E-state index >= 15 is 0 Å². The summed E-state index contributed by atoms with van der Waals surface area (Å²) >= 11 is 6.05. The predicted molar refractivity (Wildman–Crippen MR) is 105 cm³/mol. The van der Waals surface area contributed by atoms with Crippen LogP contribution in [0.15, 0.2) is 36.4 Å². The normalized spacial score (nSPS) is 16.1. The third-order valence-corrected chi connectivity index (χ3v) is 4.83. The third-order valence-electron chi connectivity index (χ3n) is 4.52. The van der Waals surface area contributed by atoms with Crippen LogP contribution in [0.5, 0.6) is 0 Å². The molecule has 1 aliphatic heterocycles. The van der Waals surface area contributed by atoms with Gasteiger partial charge in [-0.3, -0.25) is 14.4 Å². The van der Waals surface area contributed by atoms with Crippen molar-refractivity contribution < 1.29 is 23.2 Å². The second kappa shape index (κ2) is 8.57. The van der Waals surface area contributed by atoms with E-state index in [0.29, 0.717) is 16.8 Å². The molecule has 9 heteroatoms. The maximum atomic E-state index is 13.9. The molecular weight excluding hydrogens is 404 g/mol. The highest BCUT2D eigenvalue weighted by molar-refractivity contribution is 6.33. The number of benzene rings is 2. The standard InChI is InChI=1S/C20H18ClF2N3O3/c1-11-2-4-16(14(21)6-11)25-18(27)9-24-20(29)12-7-19(28)26(10-12)17-5-3-13(22)8-15(17)23/h2-6,8,12H,7,9-10H2,1H3,(H,24,29)(H,25,27). The number of hydrogen-bond donors (Lipinski definition) is 2. The summed E-state index contributed by atoms with van der Waals surface area (Å²) in [6.45, 7) is 1.50. The van der Waals surface area contributed by atoms with E-state index in [1.165, 1.54) is 0 Å². The average Bonchev–Trinajstić information content (AvgIpc) is 3.04. The van der Waals surface area contributed by atoms with E-state index in [0.717, 1.165) is 22.6 Å². The van der Waals surface area contributed by atoms with Crippen LogP contribution in [-0.4, -0.2) is 30.8 Å². The summed E-state index contributed by atoms with van der Waals surface area (Å²) in [6, 6.07) is 8.01. The molecular formula is C20H18ClF2N3O3. The lowest BCUT2D eigenvalue weighted by atomic mass is 10.1. The van der Waals surface area contributed by atoms with E-state index in [4.69, 9.17) is 11.6 Å². The highest BCUT2D eigenvalue weighted by atomic mass is 35.5. The second-order valence-corrected chi connectivity index (χ2v) is 7.16. The van der Waals surface area contributed by atoms with Gasteiger partial charge in [0.05, 0.1) is 28.9 Å². The van der Waals surface area contributed by atoms with Crippen LogP contribution in [0.25, 0.3) is 0 Å². The Morgan fingerprint density at radius 2 is 1.97 bits per heavy atom. The number of carbonyl (C=O) groups excluding carboxylic acids is 3. The molecule has 3 rings (SSSR count). The maximum absolute atomic E-state index is 13.9. The number of hydrogen-bond acceptors (Lipinski definition) is 3. The first kappa shape index (κ1) is 20.7. The number of carbonyl (C=O) groups is 3. The zero-order valence-electron chi connectivity index (χ0n) is 15.5. The van der Waals surface area contributed by atoms with Crippen LogP contribution >= 0.6 is 11.6 Å². The van der Waals surface area contributed by atoms with Crippen molar-refractivity contribution >= 4 is 40.7 Å². The molecule has 2 aromatic rings. The lowest BCUT2D eigenvalue weighted by Crippen LogP contribution is -2.38. The summed E-state index contributed by atoms with van der Waals surface area (Å²) in [5.74, 6) is -3.82. The summed E-state index contributed by atoms with van der Waals surface area (Å²) in [7, 11) is 0. The molecule has 0 saturated carbocycles. The van der Waals surface area contributed by atoms with Crippen molar-refractivity contribution in [3.05, 3.63) is 58.6 Å². The van der Waals surface area contributed by atoms with Crippen LogP contribution < -0.4 is 15.5 Å². The Balaban J connectivity index is 1.56. The smallest absolute Gasteiger partial charge is 0.243 e. The van der Waals surface area contributed by atoms with Crippen molar-refractivity contribution in [3.8, 4) is 0 Å². The molecule has 6 nitrogen and oxygen atoms in total. The summed E-state index contributed by atoms with van der Waals surface area (Å²) < 4.78 is 27.0. The fourth-order valence-corrected chi connectivity index (χ4v) is 3.33.